The fourth-order valence-corrected chi connectivity index (χ4v) is 3.04. The van der Waals surface area contributed by atoms with Crippen LogP contribution in [0.15, 0.2) is 40.1 Å². The lowest BCUT2D eigenvalue weighted by atomic mass is 10.2. The molecular formula is C14H12N4O2S. The van der Waals surface area contributed by atoms with Crippen LogP contribution in [-0.4, -0.2) is 17.9 Å². The zero-order chi connectivity index (χ0) is 14.4. The van der Waals surface area contributed by atoms with Crippen molar-refractivity contribution in [2.45, 2.75) is 25.4 Å². The number of fused-ring (bicyclic) bond motifs is 1. The molecule has 2 aromatic heterocycles. The third-order valence-electron chi connectivity index (χ3n) is 3.73. The molecule has 1 saturated carbocycles. The molecule has 4 rings (SSSR count). The molecule has 6 nitrogen and oxygen atoms in total. The Bertz CT molecular complexity index is 936. The van der Waals surface area contributed by atoms with Gasteiger partial charge in [-0.25, -0.2) is 4.79 Å². The first kappa shape index (κ1) is 12.5. The van der Waals surface area contributed by atoms with Crippen LogP contribution in [0.25, 0.3) is 11.0 Å². The Morgan fingerprint density at radius 1 is 1.19 bits per heavy atom. The first-order chi connectivity index (χ1) is 10.2. The van der Waals surface area contributed by atoms with Gasteiger partial charge in [0.15, 0.2) is 0 Å². The average Bonchev–Trinajstić information content (AvgIpc) is 3.20. The van der Waals surface area contributed by atoms with Crippen molar-refractivity contribution in [3.8, 4) is 0 Å². The minimum atomic E-state index is -0.280. The van der Waals surface area contributed by atoms with E-state index in [1.165, 1.54) is 10.6 Å². The van der Waals surface area contributed by atoms with Crippen molar-refractivity contribution in [1.29, 1.82) is 0 Å². The zero-order valence-corrected chi connectivity index (χ0v) is 11.9. The Balaban J connectivity index is 1.84. The van der Waals surface area contributed by atoms with E-state index in [1.807, 2.05) is 18.2 Å². The van der Waals surface area contributed by atoms with Crippen molar-refractivity contribution in [3.63, 3.8) is 0 Å². The van der Waals surface area contributed by atoms with Crippen LogP contribution >= 0.6 is 11.7 Å². The molecule has 1 aliphatic rings. The SMILES string of the molecule is O=c1ccn(C2CC2)c(=O)n1Cc1cccc2nsnc12. The molecule has 1 aliphatic carbocycles. The summed E-state index contributed by atoms with van der Waals surface area (Å²) < 4.78 is 11.4. The maximum atomic E-state index is 12.4. The highest BCUT2D eigenvalue weighted by molar-refractivity contribution is 7.00. The van der Waals surface area contributed by atoms with Gasteiger partial charge in [0.25, 0.3) is 5.56 Å². The first-order valence-electron chi connectivity index (χ1n) is 6.76. The molecule has 1 fully saturated rings. The Labute approximate surface area is 123 Å². The van der Waals surface area contributed by atoms with Gasteiger partial charge in [0.05, 0.1) is 18.3 Å². The second-order valence-corrected chi connectivity index (χ2v) is 5.74. The molecule has 0 atom stereocenters. The highest BCUT2D eigenvalue weighted by Crippen LogP contribution is 2.32. The predicted octanol–water partition coefficient (Wildman–Crippen LogP) is 1.40. The minimum absolute atomic E-state index is 0.230. The van der Waals surface area contributed by atoms with E-state index < -0.39 is 0 Å². The topological polar surface area (TPSA) is 69.8 Å². The quantitative estimate of drug-likeness (QED) is 0.733. The van der Waals surface area contributed by atoms with Gasteiger partial charge in [0.2, 0.25) is 0 Å². The van der Waals surface area contributed by atoms with Gasteiger partial charge in [-0.1, -0.05) is 12.1 Å². The van der Waals surface area contributed by atoms with Crippen LogP contribution in [0.1, 0.15) is 24.4 Å². The molecule has 2 heterocycles. The van der Waals surface area contributed by atoms with Crippen molar-refractivity contribution in [3.05, 3.63) is 56.9 Å². The molecule has 0 N–H and O–H groups in total. The molecule has 0 radical (unpaired) electrons. The van der Waals surface area contributed by atoms with E-state index in [2.05, 4.69) is 8.75 Å². The smallest absolute Gasteiger partial charge is 0.297 e. The second kappa shape index (κ2) is 4.63. The van der Waals surface area contributed by atoms with Gasteiger partial charge in [-0.2, -0.15) is 8.75 Å². The molecular weight excluding hydrogens is 288 g/mol. The number of aromatic nitrogens is 4. The summed E-state index contributed by atoms with van der Waals surface area (Å²) in [6.07, 6.45) is 3.61. The van der Waals surface area contributed by atoms with Crippen LogP contribution in [0.2, 0.25) is 0 Å². The molecule has 106 valence electrons. The van der Waals surface area contributed by atoms with E-state index in [4.69, 9.17) is 0 Å². The maximum absolute atomic E-state index is 12.4. The molecule has 0 spiro atoms. The number of hydrogen-bond acceptors (Lipinski definition) is 5. The number of benzene rings is 1. The van der Waals surface area contributed by atoms with Crippen molar-refractivity contribution in [2.24, 2.45) is 0 Å². The highest BCUT2D eigenvalue weighted by Gasteiger charge is 2.25. The summed E-state index contributed by atoms with van der Waals surface area (Å²) in [6.45, 7) is 0.230. The Morgan fingerprint density at radius 3 is 2.86 bits per heavy atom. The average molecular weight is 300 g/mol. The predicted molar refractivity (Wildman–Crippen MR) is 79.8 cm³/mol. The molecule has 7 heteroatoms. The van der Waals surface area contributed by atoms with Gasteiger partial charge >= 0.3 is 5.69 Å². The van der Waals surface area contributed by atoms with Crippen LogP contribution < -0.4 is 11.2 Å². The Morgan fingerprint density at radius 2 is 2.05 bits per heavy atom. The summed E-state index contributed by atoms with van der Waals surface area (Å²) in [5.41, 5.74) is 1.87. The molecule has 0 aliphatic heterocycles. The van der Waals surface area contributed by atoms with Crippen LogP contribution in [0.3, 0.4) is 0 Å². The Hall–Kier alpha value is -2.28. The fraction of sp³-hybridized carbons (Fsp3) is 0.286. The summed E-state index contributed by atoms with van der Waals surface area (Å²) in [5.74, 6) is 0. The second-order valence-electron chi connectivity index (χ2n) is 5.21. The Kier molecular flexibility index (Phi) is 2.75. The normalized spacial score (nSPS) is 14.7. The van der Waals surface area contributed by atoms with Crippen LogP contribution in [0, 0.1) is 0 Å². The van der Waals surface area contributed by atoms with E-state index in [-0.39, 0.29) is 23.8 Å². The monoisotopic (exact) mass is 300 g/mol. The van der Waals surface area contributed by atoms with Gasteiger partial charge in [0.1, 0.15) is 11.0 Å². The molecule has 21 heavy (non-hydrogen) atoms. The third-order valence-corrected chi connectivity index (χ3v) is 4.28. The molecule has 0 bridgehead atoms. The van der Waals surface area contributed by atoms with Crippen LogP contribution in [0.5, 0.6) is 0 Å². The lowest BCUT2D eigenvalue weighted by molar-refractivity contribution is 0.591. The van der Waals surface area contributed by atoms with Gasteiger partial charge < -0.3 is 0 Å². The summed E-state index contributed by atoms with van der Waals surface area (Å²) in [5, 5.41) is 0. The molecule has 1 aromatic carbocycles. The van der Waals surface area contributed by atoms with E-state index in [9.17, 15) is 9.59 Å². The highest BCUT2D eigenvalue weighted by atomic mass is 32.1. The van der Waals surface area contributed by atoms with Gasteiger partial charge in [-0.15, -0.1) is 0 Å². The molecule has 0 unspecified atom stereocenters. The zero-order valence-electron chi connectivity index (χ0n) is 11.1. The third kappa shape index (κ3) is 2.09. The van der Waals surface area contributed by atoms with E-state index in [1.54, 1.807) is 10.8 Å². The van der Waals surface area contributed by atoms with Crippen molar-refractivity contribution < 1.29 is 0 Å². The lowest BCUT2D eigenvalue weighted by Gasteiger charge is -2.09. The molecule has 0 saturated heterocycles. The van der Waals surface area contributed by atoms with Gasteiger partial charge in [0, 0.05) is 23.9 Å². The van der Waals surface area contributed by atoms with Gasteiger partial charge in [-0.3, -0.25) is 13.9 Å². The van der Waals surface area contributed by atoms with E-state index in [0.29, 0.717) is 0 Å². The summed E-state index contributed by atoms with van der Waals surface area (Å²) in [7, 11) is 0. The van der Waals surface area contributed by atoms with Gasteiger partial charge in [-0.05, 0) is 18.9 Å². The number of hydrogen-bond donors (Lipinski definition) is 0. The maximum Gasteiger partial charge on any atom is 0.331 e. The van der Waals surface area contributed by atoms with Crippen molar-refractivity contribution >= 4 is 22.8 Å². The lowest BCUT2D eigenvalue weighted by Crippen LogP contribution is -2.39. The molecule has 3 aromatic rings. The fourth-order valence-electron chi connectivity index (χ4n) is 2.47. The summed E-state index contributed by atoms with van der Waals surface area (Å²) >= 11 is 1.13. The molecule has 0 amide bonds. The van der Waals surface area contributed by atoms with Crippen molar-refractivity contribution in [1.82, 2.24) is 17.9 Å². The van der Waals surface area contributed by atoms with Crippen molar-refractivity contribution in [2.75, 3.05) is 0 Å². The van der Waals surface area contributed by atoms with E-state index >= 15 is 0 Å². The largest absolute Gasteiger partial charge is 0.331 e. The summed E-state index contributed by atoms with van der Waals surface area (Å²) in [6, 6.07) is 7.33. The first-order valence-corrected chi connectivity index (χ1v) is 7.49. The van der Waals surface area contributed by atoms with Crippen LogP contribution in [-0.2, 0) is 6.54 Å². The number of rotatable bonds is 3. The summed E-state index contributed by atoms with van der Waals surface area (Å²) in [4.78, 5) is 24.5. The van der Waals surface area contributed by atoms with Crippen LogP contribution in [0.4, 0.5) is 0 Å². The standard InChI is InChI=1S/C14H12N4O2S/c19-12-6-7-17(10-4-5-10)14(20)18(12)8-9-2-1-3-11-13(9)16-21-15-11/h1-3,6-7,10H,4-5,8H2. The number of nitrogens with zero attached hydrogens (tertiary/aromatic N) is 4. The van der Waals surface area contributed by atoms with E-state index in [0.717, 1.165) is 41.2 Å². The minimum Gasteiger partial charge on any atom is -0.297 e.